The van der Waals surface area contributed by atoms with Gasteiger partial charge < -0.3 is 30.2 Å². The van der Waals surface area contributed by atoms with Gasteiger partial charge >= 0.3 is 25.0 Å². The SMILES string of the molecule is CC(C)C[C@H](NC(=O)CNC(=O)c1cc(Cl)ccc1Cl)C1(B2OC(=O)C(CC(=O)O)(CC(=O)O)O2)CCCC1. The van der Waals surface area contributed by atoms with E-state index in [0.29, 0.717) is 24.3 Å². The molecule has 1 saturated carbocycles. The first-order valence-electron chi connectivity index (χ1n) is 12.6. The van der Waals surface area contributed by atoms with Gasteiger partial charge in [-0.1, -0.05) is 49.9 Å². The Kier molecular flexibility index (Phi) is 9.90. The van der Waals surface area contributed by atoms with Gasteiger partial charge in [-0.15, -0.1) is 0 Å². The molecule has 1 aliphatic heterocycles. The van der Waals surface area contributed by atoms with Crippen LogP contribution >= 0.6 is 23.2 Å². The second-order valence-corrected chi connectivity index (χ2v) is 11.3. The predicted molar refractivity (Wildman–Crippen MR) is 142 cm³/mol. The molecule has 2 fully saturated rings. The van der Waals surface area contributed by atoms with Crippen LogP contribution in [0.1, 0.15) is 69.2 Å². The maximum atomic E-state index is 13.0. The number of carbonyl (C=O) groups is 5. The Labute approximate surface area is 236 Å². The third kappa shape index (κ3) is 7.23. The van der Waals surface area contributed by atoms with E-state index in [9.17, 15) is 34.2 Å². The molecule has 0 spiro atoms. The minimum absolute atomic E-state index is 0.0903. The molecule has 11 nitrogen and oxygen atoms in total. The van der Waals surface area contributed by atoms with Crippen LogP contribution in [0.4, 0.5) is 0 Å². The smallest absolute Gasteiger partial charge is 0.507 e. The number of benzene rings is 1. The van der Waals surface area contributed by atoms with Gasteiger partial charge in [0, 0.05) is 16.4 Å². The van der Waals surface area contributed by atoms with Crippen molar-refractivity contribution in [3.63, 3.8) is 0 Å². The third-order valence-corrected chi connectivity index (χ3v) is 7.68. The van der Waals surface area contributed by atoms with Crippen molar-refractivity contribution in [2.24, 2.45) is 5.92 Å². The first-order chi connectivity index (χ1) is 18.3. The number of nitrogens with one attached hydrogen (secondary N) is 2. The van der Waals surface area contributed by atoms with E-state index in [1.54, 1.807) is 0 Å². The number of carboxylic acids is 2. The summed E-state index contributed by atoms with van der Waals surface area (Å²) in [5.41, 5.74) is -2.06. The maximum Gasteiger partial charge on any atom is 0.536 e. The zero-order valence-electron chi connectivity index (χ0n) is 21.6. The van der Waals surface area contributed by atoms with Crippen molar-refractivity contribution in [1.82, 2.24) is 10.6 Å². The van der Waals surface area contributed by atoms with Gasteiger partial charge in [-0.25, -0.2) is 0 Å². The van der Waals surface area contributed by atoms with Crippen LogP contribution in [-0.4, -0.2) is 65.2 Å². The summed E-state index contributed by atoms with van der Waals surface area (Å²) < 4.78 is 11.5. The van der Waals surface area contributed by atoms with Gasteiger partial charge in [0.25, 0.3) is 5.91 Å². The molecule has 1 aromatic carbocycles. The zero-order valence-corrected chi connectivity index (χ0v) is 23.1. The summed E-state index contributed by atoms with van der Waals surface area (Å²) in [7, 11) is -1.25. The standard InChI is InChI=1S/C25H31BCl2N2O9/c1-14(2)9-18(30-19(31)13-29-22(36)16-10-15(27)5-6-17(16)28)24(7-3-4-8-24)26-38-23(37)25(39-26,11-20(32)33)12-21(34)35/h5-6,10,14,18H,3-4,7-9,11-13H2,1-2H3,(H,29,36)(H,30,31)(H,32,33)(H,34,35)/t18-/m0/s1. The van der Waals surface area contributed by atoms with E-state index >= 15 is 0 Å². The molecule has 212 valence electrons. The molecule has 0 aromatic heterocycles. The van der Waals surface area contributed by atoms with Gasteiger partial charge in [-0.2, -0.15) is 0 Å². The Balaban J connectivity index is 1.81. The number of amides is 2. The van der Waals surface area contributed by atoms with Gasteiger partial charge in [0.1, 0.15) is 0 Å². The molecule has 39 heavy (non-hydrogen) atoms. The molecule has 3 rings (SSSR count). The number of hydrogen-bond donors (Lipinski definition) is 4. The third-order valence-electron chi connectivity index (χ3n) is 7.11. The molecule has 1 heterocycles. The Morgan fingerprint density at radius 1 is 1.08 bits per heavy atom. The lowest BCUT2D eigenvalue weighted by atomic mass is 9.51. The average Bonchev–Trinajstić information content (AvgIpc) is 3.44. The molecule has 1 saturated heterocycles. The van der Waals surface area contributed by atoms with Crippen LogP contribution in [0.2, 0.25) is 15.4 Å². The van der Waals surface area contributed by atoms with E-state index in [1.165, 1.54) is 18.2 Å². The van der Waals surface area contributed by atoms with E-state index in [1.807, 2.05) is 13.8 Å². The second kappa shape index (κ2) is 12.6. The lowest BCUT2D eigenvalue weighted by molar-refractivity contribution is -0.157. The molecule has 0 bridgehead atoms. The number of carbonyl (C=O) groups excluding carboxylic acids is 3. The zero-order chi connectivity index (χ0) is 29.0. The summed E-state index contributed by atoms with van der Waals surface area (Å²) in [5.74, 6) is -4.87. The first-order valence-corrected chi connectivity index (χ1v) is 13.4. The molecule has 1 aromatic rings. The van der Waals surface area contributed by atoms with Gasteiger partial charge in [0.15, 0.2) is 5.60 Å². The van der Waals surface area contributed by atoms with Crippen LogP contribution in [-0.2, 0) is 28.5 Å². The summed E-state index contributed by atoms with van der Waals surface area (Å²) in [5, 5.41) is 23.8. The predicted octanol–water partition coefficient (Wildman–Crippen LogP) is 3.32. The normalized spacial score (nSPS) is 18.5. The van der Waals surface area contributed by atoms with Crippen molar-refractivity contribution < 1.29 is 43.5 Å². The van der Waals surface area contributed by atoms with Crippen molar-refractivity contribution in [1.29, 1.82) is 0 Å². The Morgan fingerprint density at radius 3 is 2.26 bits per heavy atom. The number of carboxylic acid groups (broad SMARTS) is 2. The fourth-order valence-electron chi connectivity index (χ4n) is 5.36. The highest BCUT2D eigenvalue weighted by Gasteiger charge is 2.65. The highest BCUT2D eigenvalue weighted by atomic mass is 35.5. The van der Waals surface area contributed by atoms with Crippen LogP contribution < -0.4 is 10.6 Å². The molecule has 4 N–H and O–H groups in total. The molecule has 1 aliphatic carbocycles. The molecule has 14 heteroatoms. The monoisotopic (exact) mass is 584 g/mol. The highest BCUT2D eigenvalue weighted by Crippen LogP contribution is 2.55. The van der Waals surface area contributed by atoms with E-state index in [2.05, 4.69) is 10.6 Å². The Bertz CT molecular complexity index is 1120. The molecule has 0 radical (unpaired) electrons. The summed E-state index contributed by atoms with van der Waals surface area (Å²) in [6, 6.07) is 3.81. The topological polar surface area (TPSA) is 168 Å². The van der Waals surface area contributed by atoms with Gasteiger partial charge in [-0.3, -0.25) is 24.0 Å². The minimum Gasteiger partial charge on any atom is -0.507 e. The fourth-order valence-corrected chi connectivity index (χ4v) is 5.73. The van der Waals surface area contributed by atoms with Crippen LogP contribution in [0.15, 0.2) is 18.2 Å². The van der Waals surface area contributed by atoms with Crippen molar-refractivity contribution in [2.75, 3.05) is 6.54 Å². The first kappa shape index (κ1) is 30.7. The molecular weight excluding hydrogens is 554 g/mol. The van der Waals surface area contributed by atoms with Gasteiger partial charge in [-0.05, 0) is 43.4 Å². The highest BCUT2D eigenvalue weighted by molar-refractivity contribution is 6.54. The van der Waals surface area contributed by atoms with E-state index < -0.39 is 66.6 Å². The number of halogens is 2. The van der Waals surface area contributed by atoms with Crippen molar-refractivity contribution in [2.45, 2.75) is 75.8 Å². The summed E-state index contributed by atoms with van der Waals surface area (Å²) in [6.45, 7) is 3.52. The average molecular weight is 585 g/mol. The molecule has 2 amide bonds. The number of rotatable bonds is 12. The lowest BCUT2D eigenvalue weighted by Gasteiger charge is -2.39. The van der Waals surface area contributed by atoms with E-state index in [0.717, 1.165) is 12.8 Å². The van der Waals surface area contributed by atoms with Crippen LogP contribution in [0.3, 0.4) is 0 Å². The van der Waals surface area contributed by atoms with E-state index in [-0.39, 0.29) is 23.0 Å². The van der Waals surface area contributed by atoms with Crippen molar-refractivity contribution in [3.8, 4) is 0 Å². The van der Waals surface area contributed by atoms with Crippen molar-refractivity contribution in [3.05, 3.63) is 33.8 Å². The lowest BCUT2D eigenvalue weighted by Crippen LogP contribution is -2.53. The second-order valence-electron chi connectivity index (χ2n) is 10.5. The Morgan fingerprint density at radius 2 is 1.69 bits per heavy atom. The van der Waals surface area contributed by atoms with E-state index in [4.69, 9.17) is 32.5 Å². The van der Waals surface area contributed by atoms with Gasteiger partial charge in [0.2, 0.25) is 5.91 Å². The molecule has 2 aliphatic rings. The fraction of sp³-hybridized carbons (Fsp3) is 0.560. The summed E-state index contributed by atoms with van der Waals surface area (Å²) in [6.07, 6.45) is 1.16. The number of hydrogen-bond acceptors (Lipinski definition) is 7. The summed E-state index contributed by atoms with van der Waals surface area (Å²) >= 11 is 12.0. The molecular formula is C25H31BCl2N2O9. The number of aliphatic carboxylic acids is 2. The molecule has 1 atom stereocenters. The molecule has 0 unspecified atom stereocenters. The quantitative estimate of drug-likeness (QED) is 0.269. The maximum absolute atomic E-state index is 13.0. The largest absolute Gasteiger partial charge is 0.536 e. The Hall–Kier alpha value is -2.83. The van der Waals surface area contributed by atoms with Crippen LogP contribution in [0, 0.1) is 5.92 Å². The van der Waals surface area contributed by atoms with Crippen LogP contribution in [0.25, 0.3) is 0 Å². The minimum atomic E-state index is -2.17. The van der Waals surface area contributed by atoms with Crippen molar-refractivity contribution >= 4 is 60.0 Å². The van der Waals surface area contributed by atoms with Crippen LogP contribution in [0.5, 0.6) is 0 Å². The summed E-state index contributed by atoms with van der Waals surface area (Å²) in [4.78, 5) is 61.5. The van der Waals surface area contributed by atoms with Gasteiger partial charge in [0.05, 0.1) is 30.0 Å².